The Morgan fingerprint density at radius 2 is 1.92 bits per heavy atom. The van der Waals surface area contributed by atoms with E-state index in [1.807, 2.05) is 0 Å². The minimum absolute atomic E-state index is 0.627. The van der Waals surface area contributed by atoms with E-state index in [1.165, 1.54) is 0 Å². The van der Waals surface area contributed by atoms with Crippen molar-refractivity contribution >= 4 is 0 Å². The van der Waals surface area contributed by atoms with Crippen LogP contribution in [0.5, 0.6) is 0 Å². The minimum Gasteiger partial charge on any atom is -0.381 e. The smallest absolute Gasteiger partial charge is 0.0469 e. The average Bonchev–Trinajstić information content (AvgIpc) is 2.04. The quantitative estimate of drug-likeness (QED) is 0.598. The molecule has 0 aromatic heterocycles. The summed E-state index contributed by atoms with van der Waals surface area (Å²) in [5.74, 6) is 1.31. The predicted octanol–water partition coefficient (Wildman–Crippen LogP) is 2.03. The summed E-state index contributed by atoms with van der Waals surface area (Å²) in [7, 11) is 0. The summed E-state index contributed by atoms with van der Waals surface area (Å²) in [6.45, 7) is 9.11. The maximum atomic E-state index is 5.63. The first-order valence-electron chi connectivity index (χ1n) is 5.00. The molecule has 2 nitrogen and oxygen atoms in total. The number of ether oxygens (including phenoxy) is 1. The number of hydrogen-bond donors (Lipinski definition) is 1. The van der Waals surface area contributed by atoms with Crippen LogP contribution in [0.15, 0.2) is 0 Å². The molecule has 12 heavy (non-hydrogen) atoms. The van der Waals surface area contributed by atoms with Crippen LogP contribution in [0.1, 0.15) is 33.6 Å². The van der Waals surface area contributed by atoms with Crippen LogP contribution in [-0.2, 0) is 4.74 Å². The number of nitrogens with two attached hydrogens (primary N) is 1. The maximum absolute atomic E-state index is 5.63. The van der Waals surface area contributed by atoms with Gasteiger partial charge in [-0.25, -0.2) is 0 Å². The SMILES string of the molecule is CCCOCCC(CN)C(C)C. The van der Waals surface area contributed by atoms with Gasteiger partial charge in [-0.05, 0) is 31.2 Å². The van der Waals surface area contributed by atoms with Crippen LogP contribution in [-0.4, -0.2) is 19.8 Å². The van der Waals surface area contributed by atoms with Gasteiger partial charge in [0.15, 0.2) is 0 Å². The van der Waals surface area contributed by atoms with Crippen LogP contribution in [0.3, 0.4) is 0 Å². The van der Waals surface area contributed by atoms with Crippen molar-refractivity contribution in [2.24, 2.45) is 17.6 Å². The molecule has 0 spiro atoms. The summed E-state index contributed by atoms with van der Waals surface area (Å²) in [6.07, 6.45) is 2.21. The molecule has 0 aliphatic rings. The molecule has 0 heterocycles. The molecule has 0 bridgehead atoms. The van der Waals surface area contributed by atoms with E-state index in [9.17, 15) is 0 Å². The molecule has 0 aromatic rings. The molecular weight excluding hydrogens is 150 g/mol. The van der Waals surface area contributed by atoms with E-state index in [4.69, 9.17) is 10.5 Å². The van der Waals surface area contributed by atoms with Gasteiger partial charge in [-0.2, -0.15) is 0 Å². The molecule has 1 atom stereocenters. The van der Waals surface area contributed by atoms with Gasteiger partial charge < -0.3 is 10.5 Å². The normalized spacial score (nSPS) is 13.8. The van der Waals surface area contributed by atoms with Crippen molar-refractivity contribution in [2.45, 2.75) is 33.6 Å². The van der Waals surface area contributed by atoms with Crippen LogP contribution in [0.4, 0.5) is 0 Å². The van der Waals surface area contributed by atoms with Gasteiger partial charge in [-0.3, -0.25) is 0 Å². The maximum Gasteiger partial charge on any atom is 0.0469 e. The van der Waals surface area contributed by atoms with E-state index < -0.39 is 0 Å². The van der Waals surface area contributed by atoms with Crippen molar-refractivity contribution < 1.29 is 4.74 Å². The molecule has 0 radical (unpaired) electrons. The lowest BCUT2D eigenvalue weighted by Crippen LogP contribution is -2.21. The molecule has 74 valence electrons. The summed E-state index contributed by atoms with van der Waals surface area (Å²) < 4.78 is 5.41. The number of hydrogen-bond acceptors (Lipinski definition) is 2. The number of rotatable bonds is 7. The zero-order valence-corrected chi connectivity index (χ0v) is 8.68. The van der Waals surface area contributed by atoms with Crippen LogP contribution >= 0.6 is 0 Å². The molecule has 0 amide bonds. The molecule has 2 heteroatoms. The van der Waals surface area contributed by atoms with Gasteiger partial charge in [0.2, 0.25) is 0 Å². The summed E-state index contributed by atoms with van der Waals surface area (Å²) in [5.41, 5.74) is 5.63. The van der Waals surface area contributed by atoms with Crippen LogP contribution < -0.4 is 5.73 Å². The Balaban J connectivity index is 3.32. The van der Waals surface area contributed by atoms with Crippen molar-refractivity contribution in [3.05, 3.63) is 0 Å². The van der Waals surface area contributed by atoms with Gasteiger partial charge in [0, 0.05) is 13.2 Å². The van der Waals surface area contributed by atoms with Crippen LogP contribution in [0.2, 0.25) is 0 Å². The van der Waals surface area contributed by atoms with E-state index in [1.54, 1.807) is 0 Å². The zero-order chi connectivity index (χ0) is 9.40. The van der Waals surface area contributed by atoms with Crippen molar-refractivity contribution in [2.75, 3.05) is 19.8 Å². The Morgan fingerprint density at radius 3 is 2.33 bits per heavy atom. The predicted molar refractivity (Wildman–Crippen MR) is 53.1 cm³/mol. The highest BCUT2D eigenvalue weighted by Gasteiger charge is 2.10. The Hall–Kier alpha value is -0.0800. The Bertz CT molecular complexity index is 93.8. The van der Waals surface area contributed by atoms with Gasteiger partial charge in [-0.1, -0.05) is 20.8 Å². The standard InChI is InChI=1S/C10H23NO/c1-4-6-12-7-5-10(8-11)9(2)3/h9-10H,4-8,11H2,1-3H3. The molecule has 0 fully saturated rings. The van der Waals surface area contributed by atoms with Gasteiger partial charge in [0.25, 0.3) is 0 Å². The minimum atomic E-state index is 0.627. The van der Waals surface area contributed by atoms with Crippen LogP contribution in [0, 0.1) is 11.8 Å². The Kier molecular flexibility index (Phi) is 7.51. The van der Waals surface area contributed by atoms with Gasteiger partial charge in [0.1, 0.15) is 0 Å². The largest absolute Gasteiger partial charge is 0.381 e. The van der Waals surface area contributed by atoms with Gasteiger partial charge in [-0.15, -0.1) is 0 Å². The molecule has 0 aliphatic heterocycles. The summed E-state index contributed by atoms with van der Waals surface area (Å²) in [6, 6.07) is 0. The molecule has 0 saturated heterocycles. The van der Waals surface area contributed by atoms with E-state index in [-0.39, 0.29) is 0 Å². The molecule has 2 N–H and O–H groups in total. The van der Waals surface area contributed by atoms with Crippen molar-refractivity contribution in [1.29, 1.82) is 0 Å². The topological polar surface area (TPSA) is 35.2 Å². The first-order valence-corrected chi connectivity index (χ1v) is 5.00. The van der Waals surface area contributed by atoms with E-state index in [0.717, 1.165) is 32.6 Å². The highest BCUT2D eigenvalue weighted by atomic mass is 16.5. The van der Waals surface area contributed by atoms with Crippen molar-refractivity contribution in [1.82, 2.24) is 0 Å². The molecule has 0 aromatic carbocycles. The molecule has 0 rings (SSSR count). The molecule has 0 aliphatic carbocycles. The highest BCUT2D eigenvalue weighted by molar-refractivity contribution is 4.63. The molecule has 1 unspecified atom stereocenters. The zero-order valence-electron chi connectivity index (χ0n) is 8.68. The van der Waals surface area contributed by atoms with Crippen molar-refractivity contribution in [3.8, 4) is 0 Å². The van der Waals surface area contributed by atoms with E-state index >= 15 is 0 Å². The second-order valence-electron chi connectivity index (χ2n) is 3.64. The first-order chi connectivity index (χ1) is 5.72. The average molecular weight is 173 g/mol. The second kappa shape index (κ2) is 7.56. The summed E-state index contributed by atoms with van der Waals surface area (Å²) >= 11 is 0. The fraction of sp³-hybridized carbons (Fsp3) is 1.00. The van der Waals surface area contributed by atoms with Crippen LogP contribution in [0.25, 0.3) is 0 Å². The van der Waals surface area contributed by atoms with E-state index in [2.05, 4.69) is 20.8 Å². The van der Waals surface area contributed by atoms with Gasteiger partial charge >= 0.3 is 0 Å². The lowest BCUT2D eigenvalue weighted by molar-refractivity contribution is 0.115. The first kappa shape index (κ1) is 11.9. The summed E-state index contributed by atoms with van der Waals surface area (Å²) in [5, 5.41) is 0. The third kappa shape index (κ3) is 5.56. The van der Waals surface area contributed by atoms with Gasteiger partial charge in [0.05, 0.1) is 0 Å². The fourth-order valence-corrected chi connectivity index (χ4v) is 1.20. The summed E-state index contributed by atoms with van der Waals surface area (Å²) in [4.78, 5) is 0. The van der Waals surface area contributed by atoms with E-state index in [0.29, 0.717) is 11.8 Å². The molecular formula is C10H23NO. The second-order valence-corrected chi connectivity index (χ2v) is 3.64. The Morgan fingerprint density at radius 1 is 1.25 bits per heavy atom. The third-order valence-electron chi connectivity index (χ3n) is 2.23. The highest BCUT2D eigenvalue weighted by Crippen LogP contribution is 2.13. The third-order valence-corrected chi connectivity index (χ3v) is 2.23. The lowest BCUT2D eigenvalue weighted by Gasteiger charge is -2.18. The Labute approximate surface area is 76.5 Å². The fourth-order valence-electron chi connectivity index (χ4n) is 1.20. The lowest BCUT2D eigenvalue weighted by atomic mass is 9.93. The molecule has 0 saturated carbocycles. The van der Waals surface area contributed by atoms with Crippen molar-refractivity contribution in [3.63, 3.8) is 0 Å². The monoisotopic (exact) mass is 173 g/mol.